The molecule has 2 amide bonds. The molecular formula is C11H14N5O6S-. The number of primary amides is 1. The van der Waals surface area contributed by atoms with Crippen molar-refractivity contribution in [1.82, 2.24) is 14.9 Å². The van der Waals surface area contributed by atoms with E-state index in [1.165, 1.54) is 22.4 Å². The summed E-state index contributed by atoms with van der Waals surface area (Å²) in [7, 11) is -3.80. The number of hydrogen-bond donors (Lipinski definition) is 2. The molecule has 3 heterocycles. The quantitative estimate of drug-likeness (QED) is 0.522. The predicted molar refractivity (Wildman–Crippen MR) is 74.5 cm³/mol. The number of β-lactam (4-membered cyclic amide) rings is 1. The molecule has 2 saturated heterocycles. The van der Waals surface area contributed by atoms with Crippen LogP contribution in [-0.2, 0) is 24.2 Å². The first kappa shape index (κ1) is 15.6. The molecule has 0 spiro atoms. The zero-order valence-corrected chi connectivity index (χ0v) is 12.6. The average molecular weight is 344 g/mol. The summed E-state index contributed by atoms with van der Waals surface area (Å²) >= 11 is 0. The number of amides is 2. The molecule has 126 valence electrons. The standard InChI is InChI=1S/C11H14N5O6S/c12-7(17)5-15-2-1-14(13-15)4-6-10(11(19)20)16-8(18)3-9(16)23(6,21)22/h1-2,6,9-10H,3-5H2,(H2,12,17)(H,19,20)/q-1/t6?,9?,10-/m1/s1. The molecular weight excluding hydrogens is 330 g/mol. The third-order valence-electron chi connectivity index (χ3n) is 3.98. The van der Waals surface area contributed by atoms with E-state index in [4.69, 9.17) is 5.73 Å². The number of rotatable bonds is 5. The van der Waals surface area contributed by atoms with Crippen LogP contribution in [0.3, 0.4) is 0 Å². The van der Waals surface area contributed by atoms with Gasteiger partial charge in [-0.1, -0.05) is 0 Å². The Balaban J connectivity index is 1.76. The fourth-order valence-electron chi connectivity index (χ4n) is 2.94. The summed E-state index contributed by atoms with van der Waals surface area (Å²) in [4.78, 5) is 34.7. The first-order valence-electron chi connectivity index (χ1n) is 6.70. The van der Waals surface area contributed by atoms with E-state index in [9.17, 15) is 27.9 Å². The van der Waals surface area contributed by atoms with Crippen molar-refractivity contribution in [2.24, 2.45) is 5.73 Å². The molecule has 3 rings (SSSR count). The third-order valence-corrected chi connectivity index (χ3v) is 6.38. The summed E-state index contributed by atoms with van der Waals surface area (Å²) in [5.41, 5.74) is 8.97. The molecule has 0 aromatic rings. The maximum absolute atomic E-state index is 12.4. The van der Waals surface area contributed by atoms with E-state index in [1.807, 2.05) is 0 Å². The molecule has 3 atom stereocenters. The van der Waals surface area contributed by atoms with E-state index >= 15 is 0 Å². The first-order valence-corrected chi connectivity index (χ1v) is 8.31. The van der Waals surface area contributed by atoms with Crippen molar-refractivity contribution in [3.8, 4) is 0 Å². The number of carbonyl (C=O) groups is 3. The molecule has 2 fully saturated rings. The molecule has 0 aromatic carbocycles. The second-order valence-electron chi connectivity index (χ2n) is 5.44. The Morgan fingerprint density at radius 1 is 1.35 bits per heavy atom. The monoisotopic (exact) mass is 344 g/mol. The predicted octanol–water partition coefficient (Wildman–Crippen LogP) is -2.43. The second kappa shape index (κ2) is 5.09. The molecule has 0 radical (unpaired) electrons. The first-order chi connectivity index (χ1) is 10.7. The van der Waals surface area contributed by atoms with Crippen molar-refractivity contribution in [2.75, 3.05) is 13.1 Å². The number of sulfone groups is 1. The van der Waals surface area contributed by atoms with Gasteiger partial charge in [0.2, 0.25) is 11.8 Å². The lowest BCUT2D eigenvalue weighted by molar-refractivity contribution is -0.156. The average Bonchev–Trinajstić information content (AvgIpc) is 2.91. The maximum atomic E-state index is 12.4. The van der Waals surface area contributed by atoms with Gasteiger partial charge < -0.3 is 31.3 Å². The Labute approximate surface area is 131 Å². The van der Waals surface area contributed by atoms with Crippen molar-refractivity contribution in [3.63, 3.8) is 0 Å². The van der Waals surface area contributed by atoms with Crippen LogP contribution in [0.25, 0.3) is 5.53 Å². The summed E-state index contributed by atoms with van der Waals surface area (Å²) in [6.07, 6.45) is 2.64. The largest absolute Gasteiger partial charge is 0.480 e. The normalized spacial score (nSPS) is 31.2. The van der Waals surface area contributed by atoms with Crippen LogP contribution < -0.4 is 5.73 Å². The summed E-state index contributed by atoms with van der Waals surface area (Å²) in [6, 6.07) is -1.43. The van der Waals surface area contributed by atoms with Gasteiger partial charge in [-0.05, 0) is 12.4 Å². The highest BCUT2D eigenvalue weighted by Crippen LogP contribution is 2.40. The number of fused-ring (bicyclic) bond motifs is 1. The van der Waals surface area contributed by atoms with E-state index < -0.39 is 44.3 Å². The number of carbonyl (C=O) groups excluding carboxylic acids is 2. The molecule has 0 saturated carbocycles. The summed E-state index contributed by atoms with van der Waals surface area (Å²) in [5.74, 6) is -2.48. The summed E-state index contributed by atoms with van der Waals surface area (Å²) in [6.45, 7) is -0.411. The van der Waals surface area contributed by atoms with Crippen molar-refractivity contribution in [1.29, 1.82) is 0 Å². The fraction of sp³-hybridized carbons (Fsp3) is 0.545. The van der Waals surface area contributed by atoms with E-state index in [2.05, 4.69) is 5.53 Å². The zero-order valence-electron chi connectivity index (χ0n) is 11.8. The van der Waals surface area contributed by atoms with Crippen LogP contribution in [0, 0.1) is 0 Å². The summed E-state index contributed by atoms with van der Waals surface area (Å²) < 4.78 is 24.8. The Morgan fingerprint density at radius 2 is 2.00 bits per heavy atom. The van der Waals surface area contributed by atoms with Gasteiger partial charge in [-0.15, -0.1) is 0 Å². The molecule has 23 heavy (non-hydrogen) atoms. The number of hydrogen-bond acceptors (Lipinski definition) is 7. The second-order valence-corrected chi connectivity index (χ2v) is 7.77. The van der Waals surface area contributed by atoms with Gasteiger partial charge in [-0.3, -0.25) is 9.59 Å². The van der Waals surface area contributed by atoms with Crippen LogP contribution in [0.2, 0.25) is 0 Å². The Hall–Kier alpha value is -2.34. The van der Waals surface area contributed by atoms with Crippen molar-refractivity contribution < 1.29 is 27.9 Å². The van der Waals surface area contributed by atoms with Crippen LogP contribution in [0.4, 0.5) is 0 Å². The van der Waals surface area contributed by atoms with Crippen LogP contribution >= 0.6 is 0 Å². The van der Waals surface area contributed by atoms with Gasteiger partial charge in [0.15, 0.2) is 9.84 Å². The molecule has 3 N–H and O–H groups in total. The van der Waals surface area contributed by atoms with E-state index in [0.29, 0.717) is 0 Å². The topological polar surface area (TPSA) is 155 Å². The minimum absolute atomic E-state index is 0.181. The summed E-state index contributed by atoms with van der Waals surface area (Å²) in [5, 5.41) is 9.36. The minimum Gasteiger partial charge on any atom is -0.480 e. The third kappa shape index (κ3) is 2.39. The van der Waals surface area contributed by atoms with E-state index in [-0.39, 0.29) is 19.5 Å². The zero-order chi connectivity index (χ0) is 16.9. The van der Waals surface area contributed by atoms with Crippen LogP contribution in [0.1, 0.15) is 6.42 Å². The Morgan fingerprint density at radius 3 is 2.57 bits per heavy atom. The van der Waals surface area contributed by atoms with Crippen LogP contribution in [-0.4, -0.2) is 76.0 Å². The maximum Gasteiger partial charge on any atom is 0.327 e. The van der Waals surface area contributed by atoms with Crippen LogP contribution in [0.5, 0.6) is 0 Å². The Bertz CT molecular complexity index is 706. The molecule has 3 aliphatic heterocycles. The molecule has 12 heteroatoms. The Kier molecular flexibility index (Phi) is 3.44. The molecule has 2 unspecified atom stereocenters. The van der Waals surface area contributed by atoms with Gasteiger partial charge in [0.05, 0.1) is 13.0 Å². The highest BCUT2D eigenvalue weighted by atomic mass is 32.2. The van der Waals surface area contributed by atoms with Gasteiger partial charge in [0, 0.05) is 6.54 Å². The number of carboxylic acids is 1. The van der Waals surface area contributed by atoms with Gasteiger partial charge in [-0.25, -0.2) is 13.2 Å². The molecule has 3 aliphatic rings. The van der Waals surface area contributed by atoms with Gasteiger partial charge >= 0.3 is 5.97 Å². The highest BCUT2D eigenvalue weighted by molar-refractivity contribution is 7.93. The van der Waals surface area contributed by atoms with Crippen molar-refractivity contribution >= 4 is 27.6 Å². The highest BCUT2D eigenvalue weighted by Gasteiger charge is 2.63. The lowest BCUT2D eigenvalue weighted by atomic mass is 10.1. The van der Waals surface area contributed by atoms with Gasteiger partial charge in [0.25, 0.3) is 0 Å². The minimum atomic E-state index is -3.80. The molecule has 11 nitrogen and oxygen atoms in total. The van der Waals surface area contributed by atoms with Gasteiger partial charge in [-0.2, -0.15) is 0 Å². The number of nitrogens with zero attached hydrogens (tertiary/aromatic N) is 4. The number of carboxylic acid groups (broad SMARTS) is 1. The lowest BCUT2D eigenvalue weighted by Crippen LogP contribution is -2.56. The molecule has 0 aliphatic carbocycles. The van der Waals surface area contributed by atoms with Crippen LogP contribution in [0.15, 0.2) is 12.4 Å². The van der Waals surface area contributed by atoms with E-state index in [1.54, 1.807) is 0 Å². The SMILES string of the molecule is NC(=O)CN1C=CN(CC2[C@H](C(=O)O)N3C(=O)CC3S2(=O)=O)[N-]1. The van der Waals surface area contributed by atoms with E-state index in [0.717, 1.165) is 4.90 Å². The van der Waals surface area contributed by atoms with Crippen molar-refractivity contribution in [2.45, 2.75) is 23.1 Å². The molecule has 0 bridgehead atoms. The molecule has 0 aromatic heterocycles. The fourth-order valence-corrected chi connectivity index (χ4v) is 5.25. The number of nitrogens with two attached hydrogens (primary N) is 1. The van der Waals surface area contributed by atoms with Gasteiger partial charge in [0.1, 0.15) is 16.7 Å². The number of aliphatic carboxylic acids is 1. The van der Waals surface area contributed by atoms with Crippen molar-refractivity contribution in [3.05, 3.63) is 17.9 Å². The lowest BCUT2D eigenvalue weighted by Gasteiger charge is -2.39. The smallest absolute Gasteiger partial charge is 0.327 e.